The van der Waals surface area contributed by atoms with Gasteiger partial charge in [0.2, 0.25) is 0 Å². The third-order valence-electron chi connectivity index (χ3n) is 4.26. The van der Waals surface area contributed by atoms with Gasteiger partial charge in [0.15, 0.2) is 5.65 Å². The maximum atomic E-state index is 11.9. The van der Waals surface area contributed by atoms with Crippen molar-refractivity contribution in [3.8, 4) is 21.7 Å². The summed E-state index contributed by atoms with van der Waals surface area (Å²) in [7, 11) is 0. The summed E-state index contributed by atoms with van der Waals surface area (Å²) in [5.74, 6) is 0.249. The van der Waals surface area contributed by atoms with Crippen LogP contribution in [0.4, 0.5) is 10.7 Å². The number of carbonyl (C=O) groups is 1. The maximum Gasteiger partial charge on any atom is 0.321 e. The van der Waals surface area contributed by atoms with Crippen molar-refractivity contribution in [2.45, 2.75) is 26.7 Å². The van der Waals surface area contributed by atoms with Crippen molar-refractivity contribution in [2.75, 3.05) is 11.9 Å². The standard InChI is InChI=1S/C20H21N7OS/c1-3-6-18-23-12-16(29-18)15-9-14(13-7-5-8-21-11-13)10-17-24-19(26-27(15)17)25-20(28)22-4-2/h5,7-12H,3-4,6H2,1-2H3,(H2,22,25,26,28). The number of carbonyl (C=O) groups excluding carboxylic acids is 1. The zero-order valence-electron chi connectivity index (χ0n) is 16.2. The van der Waals surface area contributed by atoms with Gasteiger partial charge in [0.1, 0.15) is 0 Å². The van der Waals surface area contributed by atoms with Crippen molar-refractivity contribution in [1.29, 1.82) is 0 Å². The summed E-state index contributed by atoms with van der Waals surface area (Å²) >= 11 is 1.65. The van der Waals surface area contributed by atoms with Gasteiger partial charge in [-0.15, -0.1) is 16.4 Å². The van der Waals surface area contributed by atoms with Gasteiger partial charge in [-0.25, -0.2) is 14.3 Å². The number of hydrogen-bond acceptors (Lipinski definition) is 6. The highest BCUT2D eigenvalue weighted by Crippen LogP contribution is 2.31. The van der Waals surface area contributed by atoms with E-state index in [1.165, 1.54) is 0 Å². The number of thiazole rings is 1. The second kappa shape index (κ2) is 8.36. The Labute approximate surface area is 172 Å². The zero-order valence-corrected chi connectivity index (χ0v) is 17.0. The van der Waals surface area contributed by atoms with Crippen molar-refractivity contribution < 1.29 is 4.79 Å². The van der Waals surface area contributed by atoms with E-state index in [-0.39, 0.29) is 12.0 Å². The Kier molecular flexibility index (Phi) is 5.48. The fourth-order valence-electron chi connectivity index (χ4n) is 2.98. The molecule has 4 rings (SSSR count). The summed E-state index contributed by atoms with van der Waals surface area (Å²) in [4.78, 5) is 26.1. The predicted octanol–water partition coefficient (Wildman–Crippen LogP) is 4.01. The summed E-state index contributed by atoms with van der Waals surface area (Å²) in [6, 6.07) is 7.56. The highest BCUT2D eigenvalue weighted by atomic mass is 32.1. The van der Waals surface area contributed by atoms with Gasteiger partial charge < -0.3 is 5.32 Å². The van der Waals surface area contributed by atoms with Crippen LogP contribution in [0.25, 0.3) is 27.3 Å². The molecule has 0 aromatic carbocycles. The van der Waals surface area contributed by atoms with Crippen molar-refractivity contribution >= 4 is 29.0 Å². The molecule has 29 heavy (non-hydrogen) atoms. The number of fused-ring (bicyclic) bond motifs is 1. The largest absolute Gasteiger partial charge is 0.338 e. The van der Waals surface area contributed by atoms with Crippen LogP contribution in [0.3, 0.4) is 0 Å². The molecule has 0 bridgehead atoms. The minimum Gasteiger partial charge on any atom is -0.338 e. The van der Waals surface area contributed by atoms with Gasteiger partial charge in [-0.2, -0.15) is 4.98 Å². The molecule has 0 radical (unpaired) electrons. The molecule has 2 N–H and O–H groups in total. The summed E-state index contributed by atoms with van der Waals surface area (Å²) in [5, 5.41) is 10.9. The van der Waals surface area contributed by atoms with E-state index in [1.807, 2.05) is 37.5 Å². The second-order valence-corrected chi connectivity index (χ2v) is 7.54. The summed E-state index contributed by atoms with van der Waals surface area (Å²) in [6.45, 7) is 4.52. The third kappa shape index (κ3) is 4.09. The van der Waals surface area contributed by atoms with E-state index in [1.54, 1.807) is 22.0 Å². The molecule has 8 nitrogen and oxygen atoms in total. The molecule has 4 heterocycles. The lowest BCUT2D eigenvalue weighted by atomic mass is 10.1. The highest BCUT2D eigenvalue weighted by molar-refractivity contribution is 7.15. The number of rotatable bonds is 6. The molecule has 9 heteroatoms. The first kappa shape index (κ1) is 19.0. The minimum atomic E-state index is -0.333. The highest BCUT2D eigenvalue weighted by Gasteiger charge is 2.15. The zero-order chi connectivity index (χ0) is 20.2. The summed E-state index contributed by atoms with van der Waals surface area (Å²) in [6.07, 6.45) is 7.42. The summed E-state index contributed by atoms with van der Waals surface area (Å²) in [5.41, 5.74) is 3.47. The Bertz CT molecular complexity index is 1140. The topological polar surface area (TPSA) is 97.1 Å². The van der Waals surface area contributed by atoms with Gasteiger partial charge in [-0.1, -0.05) is 13.0 Å². The molecule has 0 unspecified atom stereocenters. The van der Waals surface area contributed by atoms with Gasteiger partial charge in [-0.05, 0) is 43.5 Å². The molecule has 0 aliphatic heterocycles. The monoisotopic (exact) mass is 407 g/mol. The number of amides is 2. The van der Waals surface area contributed by atoms with Crippen molar-refractivity contribution in [2.24, 2.45) is 0 Å². The van der Waals surface area contributed by atoms with Gasteiger partial charge >= 0.3 is 6.03 Å². The van der Waals surface area contributed by atoms with E-state index >= 15 is 0 Å². The Hall–Kier alpha value is -3.33. The molecule has 0 atom stereocenters. The van der Waals surface area contributed by atoms with Crippen LogP contribution >= 0.6 is 11.3 Å². The Morgan fingerprint density at radius 1 is 1.21 bits per heavy atom. The molecule has 0 aliphatic rings. The number of aryl methyl sites for hydroxylation is 1. The fourth-order valence-corrected chi connectivity index (χ4v) is 4.00. The van der Waals surface area contributed by atoms with Crippen LogP contribution in [0, 0.1) is 0 Å². The Balaban J connectivity index is 1.83. The van der Waals surface area contributed by atoms with Crippen LogP contribution in [0.15, 0.2) is 42.9 Å². The van der Waals surface area contributed by atoms with Crippen LogP contribution < -0.4 is 10.6 Å². The fraction of sp³-hybridized carbons (Fsp3) is 0.250. The SMILES string of the molecule is CCCc1ncc(-c2cc(-c3cccnc3)cc3nc(NC(=O)NCC)nn23)s1. The molecule has 0 spiro atoms. The number of nitrogens with zero attached hydrogens (tertiary/aromatic N) is 5. The number of urea groups is 1. The van der Waals surface area contributed by atoms with Crippen molar-refractivity contribution in [3.63, 3.8) is 0 Å². The lowest BCUT2D eigenvalue weighted by molar-refractivity contribution is 0.252. The first-order valence-corrected chi connectivity index (χ1v) is 10.3. The summed E-state index contributed by atoms with van der Waals surface area (Å²) < 4.78 is 1.74. The predicted molar refractivity (Wildman–Crippen MR) is 114 cm³/mol. The molecular weight excluding hydrogens is 386 g/mol. The molecule has 4 aromatic rings. The van der Waals surface area contributed by atoms with Gasteiger partial charge in [0, 0.05) is 30.7 Å². The van der Waals surface area contributed by atoms with Crippen LogP contribution in [-0.4, -0.2) is 37.1 Å². The van der Waals surface area contributed by atoms with E-state index in [2.05, 4.69) is 43.7 Å². The van der Waals surface area contributed by atoms with E-state index in [0.717, 1.165) is 39.5 Å². The molecule has 4 aromatic heterocycles. The first-order chi connectivity index (χ1) is 14.2. The Morgan fingerprint density at radius 2 is 2.10 bits per heavy atom. The minimum absolute atomic E-state index is 0.249. The number of anilines is 1. The normalized spacial score (nSPS) is 11.0. The number of nitrogens with one attached hydrogen (secondary N) is 2. The molecule has 0 saturated heterocycles. The quantitative estimate of drug-likeness (QED) is 0.503. The van der Waals surface area contributed by atoms with E-state index in [0.29, 0.717) is 12.2 Å². The number of hydrogen-bond donors (Lipinski definition) is 2. The maximum absolute atomic E-state index is 11.9. The smallest absolute Gasteiger partial charge is 0.321 e. The van der Waals surface area contributed by atoms with Crippen LogP contribution in [0.1, 0.15) is 25.3 Å². The van der Waals surface area contributed by atoms with Gasteiger partial charge in [0.05, 0.1) is 15.6 Å². The average molecular weight is 408 g/mol. The van der Waals surface area contributed by atoms with Gasteiger partial charge in [0.25, 0.3) is 5.95 Å². The van der Waals surface area contributed by atoms with Crippen LogP contribution in [0.5, 0.6) is 0 Å². The molecule has 0 saturated carbocycles. The third-order valence-corrected chi connectivity index (χ3v) is 5.34. The molecule has 2 amide bonds. The second-order valence-electron chi connectivity index (χ2n) is 6.43. The van der Waals surface area contributed by atoms with E-state index < -0.39 is 0 Å². The van der Waals surface area contributed by atoms with Crippen LogP contribution in [-0.2, 0) is 6.42 Å². The Morgan fingerprint density at radius 3 is 2.86 bits per heavy atom. The van der Waals surface area contributed by atoms with Gasteiger partial charge in [-0.3, -0.25) is 10.3 Å². The lowest BCUT2D eigenvalue weighted by Crippen LogP contribution is -2.28. The van der Waals surface area contributed by atoms with Crippen LogP contribution in [0.2, 0.25) is 0 Å². The van der Waals surface area contributed by atoms with E-state index in [4.69, 9.17) is 0 Å². The van der Waals surface area contributed by atoms with Crippen molar-refractivity contribution in [3.05, 3.63) is 47.9 Å². The van der Waals surface area contributed by atoms with E-state index in [9.17, 15) is 4.79 Å². The molecule has 0 fully saturated rings. The molecule has 148 valence electrons. The molecular formula is C20H21N7OS. The number of aromatic nitrogens is 5. The number of pyridine rings is 2. The lowest BCUT2D eigenvalue weighted by Gasteiger charge is -2.06. The average Bonchev–Trinajstić information content (AvgIpc) is 3.35. The first-order valence-electron chi connectivity index (χ1n) is 9.49. The molecule has 0 aliphatic carbocycles. The van der Waals surface area contributed by atoms with Crippen molar-refractivity contribution in [1.82, 2.24) is 29.9 Å².